The van der Waals surface area contributed by atoms with E-state index in [1.807, 2.05) is 6.92 Å². The van der Waals surface area contributed by atoms with E-state index in [9.17, 15) is 13.2 Å². The summed E-state index contributed by atoms with van der Waals surface area (Å²) in [7, 11) is 0. The Hall–Kier alpha value is -3.42. The van der Waals surface area contributed by atoms with Crippen LogP contribution in [0.15, 0.2) is 84.9 Å². The highest BCUT2D eigenvalue weighted by Gasteiger charge is 2.31. The highest BCUT2D eigenvalue weighted by atomic mass is 19.4. The number of alkyl halides is 3. The van der Waals surface area contributed by atoms with E-state index in [0.717, 1.165) is 87.0 Å². The first kappa shape index (κ1) is 28.1. The van der Waals surface area contributed by atoms with E-state index >= 15 is 0 Å². The van der Waals surface area contributed by atoms with Crippen LogP contribution in [0.2, 0.25) is 0 Å². The molecule has 4 nitrogen and oxygen atoms in total. The largest absolute Gasteiger partial charge is 0.416 e. The van der Waals surface area contributed by atoms with Crippen molar-refractivity contribution in [1.82, 2.24) is 19.4 Å². The van der Waals surface area contributed by atoms with Gasteiger partial charge in [-0.15, -0.1) is 0 Å². The summed E-state index contributed by atoms with van der Waals surface area (Å²) in [5, 5.41) is 0. The van der Waals surface area contributed by atoms with E-state index in [2.05, 4.69) is 82.0 Å². The Morgan fingerprint density at radius 2 is 1.38 bits per heavy atom. The molecule has 1 saturated heterocycles. The van der Waals surface area contributed by atoms with Crippen molar-refractivity contribution in [2.45, 2.75) is 52.0 Å². The van der Waals surface area contributed by atoms with E-state index in [4.69, 9.17) is 4.98 Å². The normalized spacial score (nSPS) is 15.2. The zero-order valence-corrected chi connectivity index (χ0v) is 23.2. The number of aromatic nitrogens is 2. The summed E-state index contributed by atoms with van der Waals surface area (Å²) < 4.78 is 41.6. The zero-order chi connectivity index (χ0) is 28.1. The average Bonchev–Trinajstić information content (AvgIpc) is 3.28. The molecule has 2 heterocycles. The second-order valence-electron chi connectivity index (χ2n) is 10.6. The van der Waals surface area contributed by atoms with Crippen LogP contribution in [0.5, 0.6) is 0 Å². The van der Waals surface area contributed by atoms with Crippen LogP contribution in [0.25, 0.3) is 11.4 Å². The maximum absolute atomic E-state index is 13.1. The minimum Gasteiger partial charge on any atom is -0.327 e. The number of nitrogens with zero attached hydrogens (tertiary/aromatic N) is 4. The summed E-state index contributed by atoms with van der Waals surface area (Å²) in [4.78, 5) is 9.90. The lowest BCUT2D eigenvalue weighted by Crippen LogP contribution is -2.47. The first-order valence-corrected chi connectivity index (χ1v) is 14.1. The van der Waals surface area contributed by atoms with E-state index < -0.39 is 11.7 Å². The molecule has 5 rings (SSSR count). The fraction of sp³-hybridized carbons (Fsp3) is 0.364. The predicted octanol–water partition coefficient (Wildman–Crippen LogP) is 7.58. The van der Waals surface area contributed by atoms with Crippen molar-refractivity contribution < 1.29 is 13.2 Å². The lowest BCUT2D eigenvalue weighted by Gasteiger charge is -2.40. The minimum atomic E-state index is -4.35. The van der Waals surface area contributed by atoms with E-state index in [1.54, 1.807) is 12.1 Å². The molecule has 1 aliphatic rings. The van der Waals surface area contributed by atoms with Crippen molar-refractivity contribution in [3.8, 4) is 11.4 Å². The molecule has 210 valence electrons. The van der Waals surface area contributed by atoms with Crippen LogP contribution in [0.4, 0.5) is 13.2 Å². The lowest BCUT2D eigenvalue weighted by molar-refractivity contribution is -0.137. The van der Waals surface area contributed by atoms with Gasteiger partial charge in [-0.2, -0.15) is 13.2 Å². The van der Waals surface area contributed by atoms with Crippen molar-refractivity contribution in [3.05, 3.63) is 113 Å². The fourth-order valence-electron chi connectivity index (χ4n) is 5.67. The number of hydrogen-bond donors (Lipinski definition) is 0. The van der Waals surface area contributed by atoms with Gasteiger partial charge in [-0.05, 0) is 36.6 Å². The third-order valence-electron chi connectivity index (χ3n) is 7.85. The molecule has 1 aliphatic heterocycles. The molecule has 0 radical (unpaired) electrons. The molecule has 1 fully saturated rings. The quantitative estimate of drug-likeness (QED) is 0.216. The smallest absolute Gasteiger partial charge is 0.327 e. The van der Waals surface area contributed by atoms with Crippen LogP contribution in [0.3, 0.4) is 0 Å². The highest BCUT2D eigenvalue weighted by molar-refractivity contribution is 5.58. The Balaban J connectivity index is 1.34. The van der Waals surface area contributed by atoms with Gasteiger partial charge in [0.25, 0.3) is 0 Å². The summed E-state index contributed by atoms with van der Waals surface area (Å²) >= 11 is 0. The van der Waals surface area contributed by atoms with Gasteiger partial charge in [0.1, 0.15) is 5.82 Å². The minimum absolute atomic E-state index is 0.215. The van der Waals surface area contributed by atoms with Crippen LogP contribution < -0.4 is 0 Å². The molecule has 0 atom stereocenters. The third-order valence-corrected chi connectivity index (χ3v) is 7.85. The third kappa shape index (κ3) is 6.31. The molecule has 0 amide bonds. The summed E-state index contributed by atoms with van der Waals surface area (Å²) in [5.41, 5.74) is 4.78. The standard InChI is InChI=1S/C33H37F3N4/c1-3-4-19-40-30(25(2)37-32(40)28-15-17-29(18-16-28)33(34,35)36)24-38-20-22-39(23-21-38)31(26-11-7-5-8-12-26)27-13-9-6-10-14-27/h5-18,31H,3-4,19-24H2,1-2H3. The Morgan fingerprint density at radius 3 is 1.90 bits per heavy atom. The molecular weight excluding hydrogens is 509 g/mol. The van der Waals surface area contributed by atoms with Crippen molar-refractivity contribution in [2.75, 3.05) is 26.2 Å². The first-order valence-electron chi connectivity index (χ1n) is 14.1. The SMILES string of the molecule is CCCCn1c(-c2ccc(C(F)(F)F)cc2)nc(C)c1CN1CCN(C(c2ccccc2)c2ccccc2)CC1. The fourth-order valence-corrected chi connectivity index (χ4v) is 5.67. The first-order chi connectivity index (χ1) is 19.3. The molecule has 0 aliphatic carbocycles. The predicted molar refractivity (Wildman–Crippen MR) is 154 cm³/mol. The van der Waals surface area contributed by atoms with Gasteiger partial charge >= 0.3 is 6.18 Å². The molecule has 0 bridgehead atoms. The van der Waals surface area contributed by atoms with Gasteiger partial charge in [-0.1, -0.05) is 86.1 Å². The van der Waals surface area contributed by atoms with Crippen LogP contribution in [0, 0.1) is 6.92 Å². The van der Waals surface area contributed by atoms with E-state index in [1.165, 1.54) is 11.1 Å². The van der Waals surface area contributed by atoms with Crippen LogP contribution in [-0.2, 0) is 19.3 Å². The second-order valence-corrected chi connectivity index (χ2v) is 10.6. The maximum Gasteiger partial charge on any atom is 0.416 e. The van der Waals surface area contributed by atoms with Gasteiger partial charge in [0.15, 0.2) is 0 Å². The second kappa shape index (κ2) is 12.4. The summed E-state index contributed by atoms with van der Waals surface area (Å²) in [6.45, 7) is 9.50. The maximum atomic E-state index is 13.1. The highest BCUT2D eigenvalue weighted by Crippen LogP contribution is 2.33. The lowest BCUT2D eigenvalue weighted by atomic mass is 9.96. The molecule has 0 spiro atoms. The molecule has 7 heteroatoms. The van der Waals surface area contributed by atoms with Crippen LogP contribution >= 0.6 is 0 Å². The Kier molecular flexibility index (Phi) is 8.72. The summed E-state index contributed by atoms with van der Waals surface area (Å²) in [6, 6.07) is 27.0. The number of unbranched alkanes of at least 4 members (excludes halogenated alkanes) is 1. The molecule has 0 saturated carbocycles. The van der Waals surface area contributed by atoms with Gasteiger partial charge in [-0.25, -0.2) is 4.98 Å². The molecule has 3 aromatic carbocycles. The molecular formula is C33H37F3N4. The summed E-state index contributed by atoms with van der Waals surface area (Å²) in [5.74, 6) is 0.751. The zero-order valence-electron chi connectivity index (χ0n) is 23.2. The van der Waals surface area contributed by atoms with Crippen molar-refractivity contribution >= 4 is 0 Å². The van der Waals surface area contributed by atoms with Gasteiger partial charge in [0, 0.05) is 44.8 Å². The van der Waals surface area contributed by atoms with Crippen molar-refractivity contribution in [2.24, 2.45) is 0 Å². The molecule has 40 heavy (non-hydrogen) atoms. The number of hydrogen-bond acceptors (Lipinski definition) is 3. The van der Waals surface area contributed by atoms with E-state index in [0.29, 0.717) is 0 Å². The number of imidazole rings is 1. The Morgan fingerprint density at radius 1 is 0.800 bits per heavy atom. The topological polar surface area (TPSA) is 24.3 Å². The summed E-state index contributed by atoms with van der Waals surface area (Å²) in [6.07, 6.45) is -2.33. The van der Waals surface area contributed by atoms with Gasteiger partial charge in [0.05, 0.1) is 23.0 Å². The molecule has 1 aromatic heterocycles. The Labute approximate surface area is 235 Å². The van der Waals surface area contributed by atoms with Crippen molar-refractivity contribution in [1.29, 1.82) is 0 Å². The number of halogens is 3. The van der Waals surface area contributed by atoms with Crippen LogP contribution in [-0.4, -0.2) is 45.5 Å². The van der Waals surface area contributed by atoms with E-state index in [-0.39, 0.29) is 6.04 Å². The number of aryl methyl sites for hydroxylation is 1. The Bertz CT molecular complexity index is 1320. The average molecular weight is 547 g/mol. The van der Waals surface area contributed by atoms with Gasteiger partial charge in [0.2, 0.25) is 0 Å². The molecule has 4 aromatic rings. The molecule has 0 unspecified atom stereocenters. The number of rotatable bonds is 9. The van der Waals surface area contributed by atoms with Gasteiger partial charge in [-0.3, -0.25) is 9.80 Å². The van der Waals surface area contributed by atoms with Gasteiger partial charge < -0.3 is 4.57 Å². The monoisotopic (exact) mass is 546 g/mol. The number of benzene rings is 3. The number of piperazine rings is 1. The van der Waals surface area contributed by atoms with Crippen LogP contribution in [0.1, 0.15) is 53.9 Å². The molecule has 0 N–H and O–H groups in total. The van der Waals surface area contributed by atoms with Crippen molar-refractivity contribution in [3.63, 3.8) is 0 Å².